The van der Waals surface area contributed by atoms with Gasteiger partial charge in [0.25, 0.3) is 5.91 Å². The van der Waals surface area contributed by atoms with Crippen molar-refractivity contribution in [3.05, 3.63) is 129 Å². The zero-order chi connectivity index (χ0) is 45.1. The number of carbonyl (C=O) groups excluding carboxylic acids is 3. The minimum atomic E-state index is -6.10. The van der Waals surface area contributed by atoms with Crippen molar-refractivity contribution in [1.82, 2.24) is 5.32 Å². The molecular weight excluding hydrogens is 870 g/mol. The molecule has 3 amide bonds. The van der Waals surface area contributed by atoms with Gasteiger partial charge in [0.2, 0.25) is 11.8 Å². The van der Waals surface area contributed by atoms with Gasteiger partial charge in [0.15, 0.2) is 0 Å². The predicted octanol–water partition coefficient (Wildman–Crippen LogP) is 5.48. The van der Waals surface area contributed by atoms with Crippen LogP contribution >= 0.6 is 15.9 Å². The van der Waals surface area contributed by atoms with E-state index < -0.39 is 91.6 Å². The standard InChI is InChI=1S/C36H31F10N3O9P2/c37-33(38,39)26-13-22(14-27(17-26)34(40,41)42)19-47-32(52)23-15-28(48-30(50)11-5-20-1-7-24(8-2-20)35(43,44)59(53,54)55)18-29(16-23)49-31(51)12-6-21-3-9-25(10-4-21)36(45,46)60(56,57)58/h1-4,7-10,13-18H,5-6,11-12,19H2,(H,47,52)(H,48,50)(H,49,51)(H2,53,54,55)(H2,56,57,58)/p-1. The van der Waals surface area contributed by atoms with Crippen molar-refractivity contribution in [1.29, 1.82) is 0 Å². The van der Waals surface area contributed by atoms with Gasteiger partial charge in [-0.15, -0.1) is 0 Å². The van der Waals surface area contributed by atoms with E-state index in [9.17, 15) is 73.0 Å². The smallest absolute Gasteiger partial charge is 0.428 e. The lowest BCUT2D eigenvalue weighted by Crippen LogP contribution is -2.35. The van der Waals surface area contributed by atoms with Crippen LogP contribution in [0.2, 0.25) is 0 Å². The van der Waals surface area contributed by atoms with Crippen molar-refractivity contribution in [2.24, 2.45) is 0 Å². The van der Waals surface area contributed by atoms with Crippen LogP contribution in [0.3, 0.4) is 0 Å². The van der Waals surface area contributed by atoms with E-state index >= 15 is 0 Å². The fourth-order valence-electron chi connectivity index (χ4n) is 5.35. The average molecular weight is 901 g/mol. The highest BCUT2D eigenvalue weighted by molar-refractivity contribution is 7.58. The van der Waals surface area contributed by atoms with E-state index in [0.717, 1.165) is 54.6 Å². The molecule has 324 valence electrons. The van der Waals surface area contributed by atoms with Crippen LogP contribution in [0, 0.1) is 0 Å². The summed E-state index contributed by atoms with van der Waals surface area (Å²) in [4.78, 5) is 98.9. The molecule has 0 saturated carbocycles. The molecule has 6 N–H and O–H groups in total. The molecule has 60 heavy (non-hydrogen) atoms. The minimum absolute atomic E-state index is 0.107. The Morgan fingerprint density at radius 2 is 0.933 bits per heavy atom. The molecule has 0 radical (unpaired) electrons. The van der Waals surface area contributed by atoms with E-state index in [1.807, 2.05) is 0 Å². The van der Waals surface area contributed by atoms with Crippen molar-refractivity contribution in [3.63, 3.8) is 0 Å². The topological polar surface area (TPSA) is 217 Å². The highest BCUT2D eigenvalue weighted by Gasteiger charge is 2.55. The third-order valence-corrected chi connectivity index (χ3v) is 10.4. The third kappa shape index (κ3) is 12.4. The second-order valence-electron chi connectivity index (χ2n) is 13.0. The second kappa shape index (κ2) is 18.1. The molecule has 0 aliphatic heterocycles. The number of benzene rings is 4. The number of hydrogen-bond donors (Lipinski definition) is 6. The fourth-order valence-corrected chi connectivity index (χ4v) is 6.31. The van der Waals surface area contributed by atoms with E-state index in [-0.39, 0.29) is 59.8 Å². The van der Waals surface area contributed by atoms with Crippen molar-refractivity contribution < 1.29 is 87.6 Å². The van der Waals surface area contributed by atoms with Crippen molar-refractivity contribution in [2.45, 2.75) is 55.9 Å². The van der Waals surface area contributed by atoms with Gasteiger partial charge >= 0.3 is 31.6 Å². The zero-order valence-corrected chi connectivity index (χ0v) is 31.9. The molecule has 4 aromatic rings. The molecule has 0 aromatic heterocycles. The maximum atomic E-state index is 14.0. The third-order valence-electron chi connectivity index (χ3n) is 8.47. The zero-order valence-electron chi connectivity index (χ0n) is 30.1. The molecule has 0 bridgehead atoms. The summed E-state index contributed by atoms with van der Waals surface area (Å²) >= 11 is 0. The van der Waals surface area contributed by atoms with Crippen LogP contribution in [0.4, 0.5) is 55.3 Å². The number of anilines is 2. The van der Waals surface area contributed by atoms with Gasteiger partial charge in [0.1, 0.15) is 7.94 Å². The van der Waals surface area contributed by atoms with E-state index in [1.54, 1.807) is 0 Å². The fraction of sp³-hybridized carbons (Fsp3) is 0.250. The lowest BCUT2D eigenvalue weighted by Gasteiger charge is -2.34. The van der Waals surface area contributed by atoms with Crippen LogP contribution in [0.5, 0.6) is 0 Å². The van der Waals surface area contributed by atoms with Gasteiger partial charge in [-0.25, -0.2) is 9.79 Å². The molecular formula is C36H30F10N3O9P2-. The highest BCUT2D eigenvalue weighted by atomic mass is 31.2. The molecule has 4 rings (SSSR count). The summed E-state index contributed by atoms with van der Waals surface area (Å²) in [5, 5.41) is 7.00. The first-order chi connectivity index (χ1) is 27.5. The summed E-state index contributed by atoms with van der Waals surface area (Å²) in [6.45, 7) is -0.849. The Morgan fingerprint density at radius 1 is 0.533 bits per heavy atom. The molecule has 0 heterocycles. The number of amides is 3. The molecule has 0 fully saturated rings. The largest absolute Gasteiger partial charge is 0.655 e. The molecule has 0 unspecified atom stereocenters. The minimum Gasteiger partial charge on any atom is -0.655 e. The molecule has 0 aliphatic rings. The molecule has 0 saturated heterocycles. The lowest BCUT2D eigenvalue weighted by molar-refractivity contribution is -0.353. The maximum Gasteiger partial charge on any atom is 0.428 e. The normalized spacial score (nSPS) is 12.9. The van der Waals surface area contributed by atoms with E-state index in [4.69, 9.17) is 14.7 Å². The number of hydrogen-bond acceptors (Lipinski definition) is 9. The van der Waals surface area contributed by atoms with Gasteiger partial charge in [0.05, 0.1) is 22.3 Å². The first kappa shape index (κ1) is 47.9. The van der Waals surface area contributed by atoms with Gasteiger partial charge in [-0.3, -0.25) is 19.3 Å². The Balaban J connectivity index is 1.53. The Bertz CT molecular complexity index is 2060. The number of rotatable bonds is 15. The molecule has 0 aliphatic carbocycles. The van der Waals surface area contributed by atoms with Gasteiger partial charge in [-0.05, 0) is 90.2 Å². The summed E-state index contributed by atoms with van der Waals surface area (Å²) in [5.41, 5.74) is -15.1. The number of alkyl halides is 10. The first-order valence-corrected chi connectivity index (χ1v) is 20.0. The average Bonchev–Trinajstić information content (AvgIpc) is 3.13. The highest BCUT2D eigenvalue weighted by Crippen LogP contribution is 2.62. The summed E-state index contributed by atoms with van der Waals surface area (Å²) < 4.78 is 136. The van der Waals surface area contributed by atoms with Crippen molar-refractivity contribution in [2.75, 3.05) is 10.6 Å². The number of aryl methyl sites for hydroxylation is 2. The maximum absolute atomic E-state index is 14.0. The monoisotopic (exact) mass is 900 g/mol. The molecule has 0 spiro atoms. The summed E-state index contributed by atoms with van der Waals surface area (Å²) in [7, 11) is -11.9. The first-order valence-electron chi connectivity index (χ1n) is 16.8. The van der Waals surface area contributed by atoms with Crippen LogP contribution in [0.25, 0.3) is 0 Å². The van der Waals surface area contributed by atoms with E-state index in [0.29, 0.717) is 24.3 Å². The second-order valence-corrected chi connectivity index (χ2v) is 16.3. The molecule has 4 aromatic carbocycles. The Hall–Kier alpha value is -4.79. The number of carbonyl (C=O) groups is 3. The quantitative estimate of drug-likeness (QED) is 0.0657. The van der Waals surface area contributed by atoms with Crippen LogP contribution < -0.4 is 30.6 Å². The summed E-state index contributed by atoms with van der Waals surface area (Å²) in [5.74, 6) is -2.63. The number of nitrogens with one attached hydrogen (secondary N) is 3. The molecule has 0 atom stereocenters. The van der Waals surface area contributed by atoms with Crippen molar-refractivity contribution >= 4 is 45.0 Å². The van der Waals surface area contributed by atoms with E-state index in [2.05, 4.69) is 16.0 Å². The van der Waals surface area contributed by atoms with Crippen LogP contribution in [0.15, 0.2) is 84.9 Å². The Morgan fingerprint density at radius 3 is 1.30 bits per heavy atom. The summed E-state index contributed by atoms with van der Waals surface area (Å²) in [6, 6.07) is 11.2. The van der Waals surface area contributed by atoms with Crippen LogP contribution in [0.1, 0.15) is 62.1 Å². The number of halogens is 10. The van der Waals surface area contributed by atoms with Gasteiger partial charge < -0.3 is 30.6 Å². The van der Waals surface area contributed by atoms with Gasteiger partial charge in [0, 0.05) is 36.3 Å². The SMILES string of the molecule is O=C(CCc1ccc(C(F)(F)[P+]([O-])([O-])O)cc1)Nc1cc(NC(=O)CCc2ccc(C(F)(F)[P+]([O-])(O)O)cc2)cc(C(=O)NCc2cc(C(F)(F)F)cc(C(F)(F)F)c2)c1. The lowest BCUT2D eigenvalue weighted by atomic mass is 10.0. The molecule has 12 nitrogen and oxygen atoms in total. The Labute approximate surface area is 333 Å². The summed E-state index contributed by atoms with van der Waals surface area (Å²) in [6.07, 6.45) is -11.3. The molecule has 24 heteroatoms. The van der Waals surface area contributed by atoms with Crippen LogP contribution in [-0.4, -0.2) is 32.4 Å². The van der Waals surface area contributed by atoms with E-state index in [1.165, 1.54) is 0 Å². The van der Waals surface area contributed by atoms with Crippen LogP contribution in [-0.2, 0) is 52.7 Å². The van der Waals surface area contributed by atoms with Gasteiger partial charge in [-0.1, -0.05) is 24.3 Å². The predicted molar refractivity (Wildman–Crippen MR) is 189 cm³/mol. The van der Waals surface area contributed by atoms with Gasteiger partial charge in [-0.2, -0.15) is 43.9 Å². The Kier molecular flexibility index (Phi) is 14.4. The van der Waals surface area contributed by atoms with Crippen molar-refractivity contribution in [3.8, 4) is 0 Å².